The van der Waals surface area contributed by atoms with Crippen LogP contribution in [0.1, 0.15) is 18.4 Å². The molecule has 1 rings (SSSR count). The van der Waals surface area contributed by atoms with Crippen LogP contribution < -0.4 is 0 Å². The molecule has 1 aromatic rings. The zero-order valence-electron chi connectivity index (χ0n) is 8.26. The van der Waals surface area contributed by atoms with E-state index in [9.17, 15) is 8.42 Å². The van der Waals surface area contributed by atoms with Gasteiger partial charge in [0.2, 0.25) is 0 Å². The van der Waals surface area contributed by atoms with E-state index in [4.69, 9.17) is 9.66 Å². The van der Waals surface area contributed by atoms with Crippen molar-refractivity contribution in [1.29, 1.82) is 0 Å². The van der Waals surface area contributed by atoms with Crippen LogP contribution in [0.15, 0.2) is 29.2 Å². The summed E-state index contributed by atoms with van der Waals surface area (Å²) < 4.78 is 30.2. The van der Waals surface area contributed by atoms with E-state index in [2.05, 4.69) is 0 Å². The van der Waals surface area contributed by atoms with Gasteiger partial charge in [-0.05, 0) is 37.0 Å². The van der Waals surface area contributed by atoms with Crippen LogP contribution in [0, 0.1) is 0 Å². The Morgan fingerprint density at radius 2 is 1.67 bits per heavy atom. The molecular weight excluding hydrogens is 216 g/mol. The van der Waals surface area contributed by atoms with Gasteiger partial charge in [0.05, 0.1) is 4.90 Å². The van der Waals surface area contributed by atoms with Gasteiger partial charge in [-0.1, -0.05) is 12.1 Å². The molecule has 0 unspecified atom stereocenters. The predicted octanol–water partition coefficient (Wildman–Crippen LogP) is 1.25. The van der Waals surface area contributed by atoms with Gasteiger partial charge < -0.3 is 5.11 Å². The summed E-state index contributed by atoms with van der Waals surface area (Å²) >= 11 is 0. The second-order valence-corrected chi connectivity index (χ2v) is 4.72. The molecule has 0 spiro atoms. The molecule has 0 aliphatic rings. The lowest BCUT2D eigenvalue weighted by Crippen LogP contribution is -1.98. The van der Waals surface area contributed by atoms with E-state index in [0.717, 1.165) is 24.8 Å². The van der Waals surface area contributed by atoms with Gasteiger partial charge in [-0.15, -0.1) is 0 Å². The van der Waals surface area contributed by atoms with Gasteiger partial charge in [0.25, 0.3) is 10.1 Å². The van der Waals surface area contributed by atoms with Gasteiger partial charge in [0, 0.05) is 6.61 Å². The second kappa shape index (κ2) is 5.25. The Kier molecular flexibility index (Phi) is 4.26. The molecule has 4 nitrogen and oxygen atoms in total. The van der Waals surface area contributed by atoms with Crippen molar-refractivity contribution < 1.29 is 18.1 Å². The molecule has 0 atom stereocenters. The summed E-state index contributed by atoms with van der Waals surface area (Å²) in [4.78, 5) is -0.0894. The standard InChI is InChI=1S/C10H14O4S/c11-8-2-1-3-9-4-6-10(7-5-9)15(12,13)14/h4-7,11H,1-3,8H2,(H,12,13,14). The molecule has 0 aliphatic heterocycles. The minimum absolute atomic E-state index is 0.0894. The first-order valence-electron chi connectivity index (χ1n) is 4.71. The van der Waals surface area contributed by atoms with Crippen molar-refractivity contribution in [3.63, 3.8) is 0 Å². The maximum Gasteiger partial charge on any atom is 0.294 e. The highest BCUT2D eigenvalue weighted by Crippen LogP contribution is 2.11. The van der Waals surface area contributed by atoms with Crippen molar-refractivity contribution in [2.24, 2.45) is 0 Å². The maximum atomic E-state index is 10.7. The van der Waals surface area contributed by atoms with Gasteiger partial charge >= 0.3 is 0 Å². The normalized spacial score (nSPS) is 11.6. The summed E-state index contributed by atoms with van der Waals surface area (Å²) in [6, 6.07) is 6.09. The molecule has 0 heterocycles. The highest BCUT2D eigenvalue weighted by molar-refractivity contribution is 7.85. The molecule has 0 aliphatic carbocycles. The van der Waals surface area contributed by atoms with Gasteiger partial charge in [0.1, 0.15) is 0 Å². The van der Waals surface area contributed by atoms with Gasteiger partial charge in [-0.25, -0.2) is 0 Å². The summed E-state index contributed by atoms with van der Waals surface area (Å²) in [6.45, 7) is 0.170. The number of aryl methyl sites for hydroxylation is 1. The van der Waals surface area contributed by atoms with E-state index in [1.54, 1.807) is 12.1 Å². The summed E-state index contributed by atoms with van der Waals surface area (Å²) in [5, 5.41) is 8.58. The highest BCUT2D eigenvalue weighted by atomic mass is 32.2. The van der Waals surface area contributed by atoms with Crippen molar-refractivity contribution in [3.05, 3.63) is 29.8 Å². The number of hydrogen-bond donors (Lipinski definition) is 2. The van der Waals surface area contributed by atoms with E-state index in [1.165, 1.54) is 12.1 Å². The lowest BCUT2D eigenvalue weighted by atomic mass is 10.1. The number of aliphatic hydroxyl groups excluding tert-OH is 1. The third kappa shape index (κ3) is 3.99. The summed E-state index contributed by atoms with van der Waals surface area (Å²) in [5.74, 6) is 0. The van der Waals surface area contributed by atoms with E-state index in [1.807, 2.05) is 0 Å². The first kappa shape index (κ1) is 12.2. The van der Waals surface area contributed by atoms with Crippen LogP contribution in [0.4, 0.5) is 0 Å². The molecular formula is C10H14O4S. The molecule has 0 saturated heterocycles. The van der Waals surface area contributed by atoms with Crippen LogP contribution in [0.3, 0.4) is 0 Å². The Labute approximate surface area is 89.3 Å². The van der Waals surface area contributed by atoms with Crippen LogP contribution in [-0.2, 0) is 16.5 Å². The quantitative estimate of drug-likeness (QED) is 0.589. The van der Waals surface area contributed by atoms with Gasteiger partial charge in [-0.2, -0.15) is 8.42 Å². The first-order valence-corrected chi connectivity index (χ1v) is 6.15. The SMILES string of the molecule is O=S(=O)(O)c1ccc(CCCCO)cc1. The molecule has 0 radical (unpaired) electrons. The van der Waals surface area contributed by atoms with Crippen molar-refractivity contribution in [2.75, 3.05) is 6.61 Å². The Bertz CT molecular complexity index is 394. The molecule has 5 heteroatoms. The van der Waals surface area contributed by atoms with E-state index < -0.39 is 10.1 Å². The minimum Gasteiger partial charge on any atom is -0.396 e. The Morgan fingerprint density at radius 1 is 1.07 bits per heavy atom. The topological polar surface area (TPSA) is 74.6 Å². The predicted molar refractivity (Wildman–Crippen MR) is 56.3 cm³/mol. The zero-order valence-corrected chi connectivity index (χ0v) is 9.07. The average Bonchev–Trinajstić information content (AvgIpc) is 2.18. The van der Waals surface area contributed by atoms with E-state index in [-0.39, 0.29) is 11.5 Å². The summed E-state index contributed by atoms with van der Waals surface area (Å²) in [5.41, 5.74) is 0.996. The second-order valence-electron chi connectivity index (χ2n) is 3.30. The van der Waals surface area contributed by atoms with Crippen LogP contribution in [0.25, 0.3) is 0 Å². The van der Waals surface area contributed by atoms with E-state index in [0.29, 0.717) is 0 Å². The van der Waals surface area contributed by atoms with Crippen LogP contribution in [-0.4, -0.2) is 24.7 Å². The average molecular weight is 230 g/mol. The van der Waals surface area contributed by atoms with Gasteiger partial charge in [0.15, 0.2) is 0 Å². The monoisotopic (exact) mass is 230 g/mol. The number of unbranched alkanes of at least 4 members (excludes halogenated alkanes) is 1. The molecule has 0 amide bonds. The van der Waals surface area contributed by atoms with Crippen molar-refractivity contribution in [3.8, 4) is 0 Å². The van der Waals surface area contributed by atoms with Crippen LogP contribution in [0.2, 0.25) is 0 Å². The minimum atomic E-state index is -4.08. The van der Waals surface area contributed by atoms with Crippen molar-refractivity contribution in [2.45, 2.75) is 24.2 Å². The van der Waals surface area contributed by atoms with Crippen LogP contribution in [0.5, 0.6) is 0 Å². The molecule has 0 aromatic heterocycles. The Morgan fingerprint density at radius 3 is 2.13 bits per heavy atom. The third-order valence-corrected chi connectivity index (χ3v) is 2.96. The Hall–Kier alpha value is -0.910. The number of benzene rings is 1. The first-order chi connectivity index (χ1) is 7.04. The fourth-order valence-electron chi connectivity index (χ4n) is 1.27. The molecule has 84 valence electrons. The Balaban J connectivity index is 2.65. The summed E-state index contributed by atoms with van der Waals surface area (Å²) in [6.07, 6.45) is 2.40. The third-order valence-electron chi connectivity index (χ3n) is 2.09. The summed E-state index contributed by atoms with van der Waals surface area (Å²) in [7, 11) is -4.08. The van der Waals surface area contributed by atoms with Crippen molar-refractivity contribution in [1.82, 2.24) is 0 Å². The largest absolute Gasteiger partial charge is 0.396 e. The fourth-order valence-corrected chi connectivity index (χ4v) is 1.75. The number of hydrogen-bond acceptors (Lipinski definition) is 3. The van der Waals surface area contributed by atoms with Gasteiger partial charge in [-0.3, -0.25) is 4.55 Å². The smallest absolute Gasteiger partial charge is 0.294 e. The van der Waals surface area contributed by atoms with E-state index >= 15 is 0 Å². The lowest BCUT2D eigenvalue weighted by molar-refractivity contribution is 0.284. The zero-order chi connectivity index (χ0) is 11.3. The maximum absolute atomic E-state index is 10.7. The molecule has 15 heavy (non-hydrogen) atoms. The highest BCUT2D eigenvalue weighted by Gasteiger charge is 2.07. The van der Waals surface area contributed by atoms with Crippen molar-refractivity contribution >= 4 is 10.1 Å². The molecule has 2 N–H and O–H groups in total. The molecule has 1 aromatic carbocycles. The lowest BCUT2D eigenvalue weighted by Gasteiger charge is -2.01. The number of aliphatic hydroxyl groups is 1. The molecule has 0 saturated carbocycles. The number of rotatable bonds is 5. The fraction of sp³-hybridized carbons (Fsp3) is 0.400. The molecule has 0 fully saturated rings. The van der Waals surface area contributed by atoms with Crippen LogP contribution >= 0.6 is 0 Å². The molecule has 0 bridgehead atoms.